The molecule has 5 rings (SSSR count). The summed E-state index contributed by atoms with van der Waals surface area (Å²) in [4.78, 5) is 11.7. The number of rotatable bonds is 9. The number of thiophene rings is 1. The van der Waals surface area contributed by atoms with Crippen molar-refractivity contribution in [2.75, 3.05) is 16.9 Å². The maximum absolute atomic E-state index is 5.92. The molecule has 36 heavy (non-hydrogen) atoms. The Hall–Kier alpha value is -4.14. The molecule has 0 amide bonds. The molecule has 0 aliphatic carbocycles. The zero-order valence-corrected chi connectivity index (χ0v) is 20.8. The van der Waals surface area contributed by atoms with E-state index in [1.54, 1.807) is 30.1 Å². The van der Waals surface area contributed by atoms with Gasteiger partial charge < -0.3 is 15.5 Å². The van der Waals surface area contributed by atoms with Gasteiger partial charge in [-0.2, -0.15) is 0 Å². The molecule has 5 aromatic rings. The summed E-state index contributed by atoms with van der Waals surface area (Å²) >= 11 is 1.68. The summed E-state index contributed by atoms with van der Waals surface area (Å²) < 4.78 is 5.22. The van der Waals surface area contributed by atoms with E-state index in [0.717, 1.165) is 52.2 Å². The van der Waals surface area contributed by atoms with Gasteiger partial charge in [0.1, 0.15) is 16.9 Å². The molecule has 5 N–H and O–H groups in total. The van der Waals surface area contributed by atoms with Crippen LogP contribution < -0.4 is 21.9 Å². The van der Waals surface area contributed by atoms with E-state index in [9.17, 15) is 0 Å². The van der Waals surface area contributed by atoms with Crippen molar-refractivity contribution in [1.82, 2.24) is 9.97 Å². The number of nitrogens with two attached hydrogens (primary N) is 2. The van der Waals surface area contributed by atoms with Gasteiger partial charge in [0, 0.05) is 23.8 Å². The minimum Gasteiger partial charge on any atom is -0.472 e. The Morgan fingerprint density at radius 1 is 1.00 bits per heavy atom. The first-order chi connectivity index (χ1) is 17.6. The smallest absolute Gasteiger partial charge is 0.166 e. The quantitative estimate of drug-likeness (QED) is 0.129. The van der Waals surface area contributed by atoms with Crippen LogP contribution in [0.15, 0.2) is 90.0 Å². The highest BCUT2D eigenvalue weighted by Crippen LogP contribution is 2.31. The van der Waals surface area contributed by atoms with Gasteiger partial charge in [0.25, 0.3) is 0 Å². The normalized spacial score (nSPS) is 11.4. The number of hydrogen-bond acceptors (Lipinski definition) is 8. The molecule has 0 spiro atoms. The molecule has 2 aromatic carbocycles. The zero-order valence-electron chi connectivity index (χ0n) is 20.0. The van der Waals surface area contributed by atoms with Gasteiger partial charge >= 0.3 is 0 Å². The van der Waals surface area contributed by atoms with Crippen LogP contribution in [-0.2, 0) is 6.42 Å². The van der Waals surface area contributed by atoms with E-state index < -0.39 is 0 Å². The lowest BCUT2D eigenvalue weighted by atomic mass is 10.0. The third-order valence-corrected chi connectivity index (χ3v) is 6.87. The molecule has 0 radical (unpaired) electrons. The van der Waals surface area contributed by atoms with Gasteiger partial charge in [-0.15, -0.1) is 11.3 Å². The van der Waals surface area contributed by atoms with Crippen LogP contribution in [0.25, 0.3) is 32.7 Å². The van der Waals surface area contributed by atoms with Gasteiger partial charge in [0.15, 0.2) is 5.82 Å². The predicted molar refractivity (Wildman–Crippen MR) is 149 cm³/mol. The maximum Gasteiger partial charge on any atom is 0.166 e. The fourth-order valence-electron chi connectivity index (χ4n) is 4.07. The molecule has 182 valence electrons. The summed E-state index contributed by atoms with van der Waals surface area (Å²) in [6, 6.07) is 20.8. The summed E-state index contributed by atoms with van der Waals surface area (Å²) in [6.45, 7) is 2.92. The number of benzene rings is 2. The number of hydrazine groups is 1. The largest absolute Gasteiger partial charge is 0.472 e. The van der Waals surface area contributed by atoms with Crippen LogP contribution in [-0.4, -0.2) is 16.5 Å². The Balaban J connectivity index is 1.20. The van der Waals surface area contributed by atoms with Crippen molar-refractivity contribution in [2.24, 2.45) is 11.6 Å². The van der Waals surface area contributed by atoms with E-state index in [2.05, 4.69) is 54.7 Å². The molecular formula is C28H28N6OS. The van der Waals surface area contributed by atoms with E-state index >= 15 is 0 Å². The average Bonchev–Trinajstić information content (AvgIpc) is 3.56. The first kappa shape index (κ1) is 23.6. The Labute approximate surface area is 214 Å². The molecular weight excluding hydrogens is 468 g/mol. The lowest BCUT2D eigenvalue weighted by Gasteiger charge is -2.13. The molecule has 0 saturated heterocycles. The van der Waals surface area contributed by atoms with Gasteiger partial charge in [0.2, 0.25) is 0 Å². The molecule has 0 bridgehead atoms. The van der Waals surface area contributed by atoms with E-state index in [1.807, 2.05) is 18.2 Å². The highest BCUT2D eigenvalue weighted by Gasteiger charge is 2.12. The van der Waals surface area contributed by atoms with Crippen LogP contribution in [0, 0.1) is 6.92 Å². The Morgan fingerprint density at radius 3 is 2.44 bits per heavy atom. The summed E-state index contributed by atoms with van der Waals surface area (Å²) in [5.41, 5.74) is 10.8. The highest BCUT2D eigenvalue weighted by molar-refractivity contribution is 7.18. The SMILES string of the molecule is Cc1cc2c(NCCCc3ccc(-c4ccc(N(N)/C=C\N)cc4)cc3)nc(-c3ccoc3)nc2s1. The number of furan rings is 1. The summed E-state index contributed by atoms with van der Waals surface area (Å²) in [7, 11) is 0. The van der Waals surface area contributed by atoms with E-state index in [4.69, 9.17) is 26.0 Å². The maximum atomic E-state index is 5.92. The number of nitrogens with one attached hydrogen (secondary N) is 1. The number of hydrogen-bond donors (Lipinski definition) is 3. The Bertz CT molecular complexity index is 1460. The van der Waals surface area contributed by atoms with Gasteiger partial charge in [-0.25, -0.2) is 15.8 Å². The van der Waals surface area contributed by atoms with Crippen molar-refractivity contribution in [2.45, 2.75) is 19.8 Å². The number of nitrogens with zero attached hydrogens (tertiary/aromatic N) is 3. The summed E-state index contributed by atoms with van der Waals surface area (Å²) in [5, 5.41) is 6.09. The minimum atomic E-state index is 0.680. The molecule has 3 heterocycles. The van der Waals surface area contributed by atoms with Crippen molar-refractivity contribution < 1.29 is 4.42 Å². The van der Waals surface area contributed by atoms with Crippen LogP contribution in [0.5, 0.6) is 0 Å². The van der Waals surface area contributed by atoms with E-state index in [-0.39, 0.29) is 0 Å². The third kappa shape index (κ3) is 5.25. The fourth-order valence-corrected chi connectivity index (χ4v) is 4.94. The lowest BCUT2D eigenvalue weighted by Crippen LogP contribution is -2.24. The van der Waals surface area contributed by atoms with E-state index in [1.165, 1.54) is 27.2 Å². The molecule has 0 unspecified atom stereocenters. The second-order valence-electron chi connectivity index (χ2n) is 8.51. The molecule has 0 fully saturated rings. The average molecular weight is 497 g/mol. The second kappa shape index (κ2) is 10.6. The van der Waals surface area contributed by atoms with Crippen molar-refractivity contribution in [1.29, 1.82) is 0 Å². The molecule has 3 aromatic heterocycles. The summed E-state index contributed by atoms with van der Waals surface area (Å²) in [6.07, 6.45) is 8.32. The number of fused-ring (bicyclic) bond motifs is 1. The number of aryl methyl sites for hydroxylation is 2. The van der Waals surface area contributed by atoms with Crippen LogP contribution in [0.1, 0.15) is 16.9 Å². The van der Waals surface area contributed by atoms with Crippen LogP contribution in [0.3, 0.4) is 0 Å². The molecule has 7 nitrogen and oxygen atoms in total. The minimum absolute atomic E-state index is 0.680. The van der Waals surface area contributed by atoms with Crippen LogP contribution in [0.2, 0.25) is 0 Å². The monoisotopic (exact) mass is 496 g/mol. The third-order valence-electron chi connectivity index (χ3n) is 5.93. The molecule has 0 atom stereocenters. The van der Waals surface area contributed by atoms with Gasteiger partial charge in [-0.1, -0.05) is 36.4 Å². The van der Waals surface area contributed by atoms with E-state index in [0.29, 0.717) is 5.82 Å². The predicted octanol–water partition coefficient (Wildman–Crippen LogP) is 6.08. The second-order valence-corrected chi connectivity index (χ2v) is 9.74. The summed E-state index contributed by atoms with van der Waals surface area (Å²) in [5.74, 6) is 7.47. The fraction of sp³-hybridized carbons (Fsp3) is 0.143. The van der Waals surface area contributed by atoms with Gasteiger partial charge in [-0.05, 0) is 60.7 Å². The van der Waals surface area contributed by atoms with Crippen molar-refractivity contribution in [3.63, 3.8) is 0 Å². The Kier molecular flexibility index (Phi) is 6.97. The first-order valence-corrected chi connectivity index (χ1v) is 12.6. The van der Waals surface area contributed by atoms with Gasteiger partial charge in [-0.3, -0.25) is 5.01 Å². The van der Waals surface area contributed by atoms with Crippen molar-refractivity contribution >= 4 is 33.1 Å². The molecule has 0 aliphatic rings. The zero-order chi connectivity index (χ0) is 24.9. The number of aromatic nitrogens is 2. The Morgan fingerprint density at radius 2 is 1.75 bits per heavy atom. The van der Waals surface area contributed by atoms with Crippen LogP contribution >= 0.6 is 11.3 Å². The standard InChI is InChI=1S/C28H28N6OS/c1-19-17-25-27(32-26(33-28(25)36-19)23-12-16-35-18-23)31-14-2-3-20-4-6-21(7-5-20)22-8-10-24(11-9-22)34(30)15-13-29/h4-13,15-18H,2-3,14,29-30H2,1H3,(H,31,32,33)/b15-13-. The highest BCUT2D eigenvalue weighted by atomic mass is 32.1. The lowest BCUT2D eigenvalue weighted by molar-refractivity contribution is 0.568. The number of anilines is 2. The van der Waals surface area contributed by atoms with Crippen LogP contribution in [0.4, 0.5) is 11.5 Å². The first-order valence-electron chi connectivity index (χ1n) is 11.8. The molecule has 0 saturated carbocycles. The van der Waals surface area contributed by atoms with Crippen molar-refractivity contribution in [3.05, 3.63) is 96.0 Å². The topological polar surface area (TPSA) is 106 Å². The van der Waals surface area contributed by atoms with Crippen molar-refractivity contribution in [3.8, 4) is 22.5 Å². The molecule has 8 heteroatoms. The van der Waals surface area contributed by atoms with Gasteiger partial charge in [0.05, 0.1) is 22.9 Å². The molecule has 0 aliphatic heterocycles.